The molecule has 3 N–H and O–H groups in total. The first-order valence-corrected chi connectivity index (χ1v) is 7.67. The molecular formula is C19H18N2O5. The lowest BCUT2D eigenvalue weighted by Gasteiger charge is -2.09. The lowest BCUT2D eigenvalue weighted by molar-refractivity contribution is -0.142. The van der Waals surface area contributed by atoms with E-state index in [0.29, 0.717) is 11.3 Å². The van der Waals surface area contributed by atoms with Crippen molar-refractivity contribution < 1.29 is 23.9 Å². The summed E-state index contributed by atoms with van der Waals surface area (Å²) in [5.74, 6) is -0.876. The number of methoxy groups -OCH3 is 1. The van der Waals surface area contributed by atoms with E-state index in [9.17, 15) is 14.4 Å². The second-order valence-electron chi connectivity index (χ2n) is 5.19. The van der Waals surface area contributed by atoms with E-state index < -0.39 is 24.5 Å². The van der Waals surface area contributed by atoms with Crippen molar-refractivity contribution in [1.82, 2.24) is 5.32 Å². The number of ether oxygens (including phenoxy) is 2. The molecule has 0 atom stereocenters. The highest BCUT2D eigenvalue weighted by molar-refractivity contribution is 6.21. The monoisotopic (exact) mass is 354 g/mol. The van der Waals surface area contributed by atoms with Crippen molar-refractivity contribution in [3.63, 3.8) is 0 Å². The number of primary amides is 1. The fourth-order valence-corrected chi connectivity index (χ4v) is 2.16. The highest BCUT2D eigenvalue weighted by Crippen LogP contribution is 2.22. The minimum Gasteiger partial charge on any atom is -0.497 e. The summed E-state index contributed by atoms with van der Waals surface area (Å²) in [5, 5.41) is 1.83. The van der Waals surface area contributed by atoms with E-state index in [1.165, 1.54) is 0 Å². The third-order valence-electron chi connectivity index (χ3n) is 3.31. The van der Waals surface area contributed by atoms with Gasteiger partial charge in [-0.25, -0.2) is 9.59 Å². The van der Waals surface area contributed by atoms with Gasteiger partial charge in [0.15, 0.2) is 6.61 Å². The van der Waals surface area contributed by atoms with Crippen LogP contribution in [0.5, 0.6) is 5.75 Å². The van der Waals surface area contributed by atoms with Gasteiger partial charge >= 0.3 is 12.0 Å². The first kappa shape index (κ1) is 18.7. The number of nitrogens with two attached hydrogens (primary N) is 1. The van der Waals surface area contributed by atoms with Gasteiger partial charge in [-0.3, -0.25) is 10.1 Å². The summed E-state index contributed by atoms with van der Waals surface area (Å²) in [6.45, 7) is -0.621. The van der Waals surface area contributed by atoms with Gasteiger partial charge in [-0.05, 0) is 29.3 Å². The summed E-state index contributed by atoms with van der Waals surface area (Å²) < 4.78 is 10.2. The van der Waals surface area contributed by atoms with E-state index in [0.717, 1.165) is 5.56 Å². The molecule has 0 spiro atoms. The zero-order chi connectivity index (χ0) is 18.9. The van der Waals surface area contributed by atoms with Crippen LogP contribution in [0.15, 0.2) is 54.6 Å². The highest BCUT2D eigenvalue weighted by atomic mass is 16.5. The Morgan fingerprint density at radius 2 is 1.81 bits per heavy atom. The quantitative estimate of drug-likeness (QED) is 0.468. The molecule has 3 amide bonds. The summed E-state index contributed by atoms with van der Waals surface area (Å²) >= 11 is 0. The Kier molecular flexibility index (Phi) is 6.50. The van der Waals surface area contributed by atoms with Gasteiger partial charge in [0.05, 0.1) is 12.7 Å². The molecule has 0 aromatic heterocycles. The average Bonchev–Trinajstić information content (AvgIpc) is 2.64. The van der Waals surface area contributed by atoms with Gasteiger partial charge < -0.3 is 15.2 Å². The van der Waals surface area contributed by atoms with Gasteiger partial charge in [-0.1, -0.05) is 42.5 Å². The molecule has 0 bridgehead atoms. The minimum atomic E-state index is -1.01. The number of benzene rings is 2. The standard InChI is InChI=1S/C19H18N2O5/c1-25-15-9-5-6-13(10-15)11-16(14-7-3-2-4-8-14)18(23)26-12-17(22)21-19(20)24/h2-11H,12H2,1H3,(H3,20,21,22,24)/b16-11+. The van der Waals surface area contributed by atoms with Crippen molar-refractivity contribution in [3.05, 3.63) is 65.7 Å². The summed E-state index contributed by atoms with van der Waals surface area (Å²) in [7, 11) is 1.55. The van der Waals surface area contributed by atoms with E-state index in [1.807, 2.05) is 11.4 Å². The number of nitrogens with one attached hydrogen (secondary N) is 1. The van der Waals surface area contributed by atoms with Crippen molar-refractivity contribution in [2.45, 2.75) is 0 Å². The SMILES string of the molecule is COc1cccc(/C=C(/C(=O)OCC(=O)NC(N)=O)c2ccccc2)c1. The Labute approximate surface area is 150 Å². The van der Waals surface area contributed by atoms with E-state index >= 15 is 0 Å². The van der Waals surface area contributed by atoms with Gasteiger partial charge in [0.25, 0.3) is 5.91 Å². The Bertz CT molecular complexity index is 831. The van der Waals surface area contributed by atoms with Gasteiger partial charge in [-0.15, -0.1) is 0 Å². The Morgan fingerprint density at radius 1 is 1.08 bits per heavy atom. The summed E-state index contributed by atoms with van der Waals surface area (Å²) in [6, 6.07) is 15.0. The molecule has 0 fully saturated rings. The zero-order valence-corrected chi connectivity index (χ0v) is 14.1. The summed E-state index contributed by atoms with van der Waals surface area (Å²) in [4.78, 5) is 34.5. The van der Waals surface area contributed by atoms with E-state index in [2.05, 4.69) is 0 Å². The zero-order valence-electron chi connectivity index (χ0n) is 14.1. The molecule has 0 radical (unpaired) electrons. The molecule has 0 saturated heterocycles. The molecule has 26 heavy (non-hydrogen) atoms. The molecule has 0 aliphatic carbocycles. The number of hydrogen-bond donors (Lipinski definition) is 2. The number of carbonyl (C=O) groups is 3. The molecule has 0 aliphatic rings. The molecule has 0 saturated carbocycles. The van der Waals surface area contributed by atoms with E-state index in [-0.39, 0.29) is 5.57 Å². The molecule has 2 aromatic carbocycles. The van der Waals surface area contributed by atoms with Crippen LogP contribution in [0.25, 0.3) is 11.6 Å². The third-order valence-corrected chi connectivity index (χ3v) is 3.31. The normalized spacial score (nSPS) is 10.7. The number of imide groups is 1. The van der Waals surface area contributed by atoms with Crippen LogP contribution in [-0.4, -0.2) is 31.6 Å². The maximum absolute atomic E-state index is 12.5. The van der Waals surface area contributed by atoms with Gasteiger partial charge in [-0.2, -0.15) is 0 Å². The second-order valence-corrected chi connectivity index (χ2v) is 5.19. The predicted molar refractivity (Wildman–Crippen MR) is 96.0 cm³/mol. The first-order valence-electron chi connectivity index (χ1n) is 7.67. The third kappa shape index (κ3) is 5.48. The average molecular weight is 354 g/mol. The first-order chi connectivity index (χ1) is 12.5. The molecule has 2 rings (SSSR count). The van der Waals surface area contributed by atoms with Gasteiger partial charge in [0.2, 0.25) is 0 Å². The molecule has 2 aromatic rings. The molecule has 0 heterocycles. The van der Waals surface area contributed by atoms with Gasteiger partial charge in [0.1, 0.15) is 5.75 Å². The number of carbonyl (C=O) groups excluding carboxylic acids is 3. The predicted octanol–water partition coefficient (Wildman–Crippen LogP) is 1.97. The molecule has 134 valence electrons. The maximum atomic E-state index is 12.5. The highest BCUT2D eigenvalue weighted by Gasteiger charge is 2.16. The van der Waals surface area contributed by atoms with Crippen LogP contribution >= 0.6 is 0 Å². The van der Waals surface area contributed by atoms with Crippen LogP contribution in [0.2, 0.25) is 0 Å². The largest absolute Gasteiger partial charge is 0.497 e. The topological polar surface area (TPSA) is 108 Å². The van der Waals surface area contributed by atoms with Crippen LogP contribution in [0.3, 0.4) is 0 Å². The van der Waals surface area contributed by atoms with Crippen LogP contribution in [0.4, 0.5) is 4.79 Å². The smallest absolute Gasteiger partial charge is 0.339 e. The van der Waals surface area contributed by atoms with Crippen molar-refractivity contribution in [1.29, 1.82) is 0 Å². The van der Waals surface area contributed by atoms with Crippen molar-refractivity contribution in [2.24, 2.45) is 5.73 Å². The van der Waals surface area contributed by atoms with Crippen LogP contribution in [0.1, 0.15) is 11.1 Å². The second kappa shape index (κ2) is 9.03. The molecule has 7 nitrogen and oxygen atoms in total. The minimum absolute atomic E-state index is 0.255. The van der Waals surface area contributed by atoms with E-state index in [4.69, 9.17) is 15.2 Å². The van der Waals surface area contributed by atoms with Gasteiger partial charge in [0, 0.05) is 0 Å². The van der Waals surface area contributed by atoms with Crippen LogP contribution in [-0.2, 0) is 14.3 Å². The molecule has 0 aliphatic heterocycles. The van der Waals surface area contributed by atoms with E-state index in [1.54, 1.807) is 61.7 Å². The fraction of sp³-hybridized carbons (Fsp3) is 0.105. The summed E-state index contributed by atoms with van der Waals surface area (Å²) in [6.07, 6.45) is 1.63. The van der Waals surface area contributed by atoms with Crippen molar-refractivity contribution >= 4 is 29.6 Å². The van der Waals surface area contributed by atoms with Crippen LogP contribution < -0.4 is 15.8 Å². The molecule has 0 unspecified atom stereocenters. The lowest BCUT2D eigenvalue weighted by Crippen LogP contribution is -2.37. The number of urea groups is 1. The fourth-order valence-electron chi connectivity index (χ4n) is 2.16. The maximum Gasteiger partial charge on any atom is 0.339 e. The Morgan fingerprint density at radius 3 is 2.46 bits per heavy atom. The molecular weight excluding hydrogens is 336 g/mol. The Balaban J connectivity index is 2.26. The Hall–Kier alpha value is -3.61. The molecule has 7 heteroatoms. The summed E-state index contributed by atoms with van der Waals surface area (Å²) in [5.41, 5.74) is 6.45. The number of rotatable bonds is 6. The number of hydrogen-bond acceptors (Lipinski definition) is 5. The van der Waals surface area contributed by atoms with Crippen LogP contribution in [0, 0.1) is 0 Å². The number of esters is 1. The lowest BCUT2D eigenvalue weighted by atomic mass is 10.0. The van der Waals surface area contributed by atoms with Crippen molar-refractivity contribution in [2.75, 3.05) is 13.7 Å². The number of amides is 3. The van der Waals surface area contributed by atoms with Crippen molar-refractivity contribution in [3.8, 4) is 5.75 Å².